The van der Waals surface area contributed by atoms with Crippen molar-refractivity contribution in [2.24, 2.45) is 5.73 Å². The first-order valence-electron chi connectivity index (χ1n) is 4.60. The summed E-state index contributed by atoms with van der Waals surface area (Å²) in [6, 6.07) is 2.63. The van der Waals surface area contributed by atoms with Gasteiger partial charge in [0.1, 0.15) is 15.6 Å². The first-order chi connectivity index (χ1) is 7.65. The molecule has 8 heteroatoms. The zero-order valence-electron chi connectivity index (χ0n) is 9.27. The van der Waals surface area contributed by atoms with Crippen molar-refractivity contribution >= 4 is 27.5 Å². The van der Waals surface area contributed by atoms with Gasteiger partial charge in [-0.3, -0.25) is 4.79 Å². The number of primary amides is 1. The fraction of sp³-hybridized carbons (Fsp3) is 0.333. The highest BCUT2D eigenvalue weighted by molar-refractivity contribution is 7.89. The van der Waals surface area contributed by atoms with E-state index in [4.69, 9.17) is 17.3 Å². The topological polar surface area (TPSA) is 102 Å². The molecule has 1 heterocycles. The van der Waals surface area contributed by atoms with Crippen molar-refractivity contribution in [3.63, 3.8) is 0 Å². The molecule has 0 atom stereocenters. The van der Waals surface area contributed by atoms with Gasteiger partial charge >= 0.3 is 0 Å². The molecule has 1 rings (SSSR count). The molecule has 1 aromatic rings. The van der Waals surface area contributed by atoms with Crippen LogP contribution >= 0.6 is 11.6 Å². The average Bonchev–Trinajstić information content (AvgIpc) is 2.16. The van der Waals surface area contributed by atoms with E-state index in [1.165, 1.54) is 26.0 Å². The lowest BCUT2D eigenvalue weighted by Crippen LogP contribution is -2.52. The molecule has 94 valence electrons. The molecule has 0 radical (unpaired) electrons. The van der Waals surface area contributed by atoms with Gasteiger partial charge in [-0.2, -0.15) is 4.72 Å². The lowest BCUT2D eigenvalue weighted by molar-refractivity contribution is -0.122. The molecule has 1 aromatic heterocycles. The fourth-order valence-corrected chi connectivity index (χ4v) is 2.41. The van der Waals surface area contributed by atoms with Crippen molar-refractivity contribution in [1.82, 2.24) is 9.71 Å². The Morgan fingerprint density at radius 1 is 1.47 bits per heavy atom. The number of nitrogens with two attached hydrogens (primary N) is 1. The van der Waals surface area contributed by atoms with Crippen LogP contribution in [-0.2, 0) is 14.8 Å². The molecule has 0 aliphatic rings. The van der Waals surface area contributed by atoms with Crippen LogP contribution in [0.4, 0.5) is 0 Å². The fourth-order valence-electron chi connectivity index (χ4n) is 0.966. The largest absolute Gasteiger partial charge is 0.368 e. The van der Waals surface area contributed by atoms with E-state index in [1.54, 1.807) is 0 Å². The Bertz CT molecular complexity index is 525. The molecule has 0 fully saturated rings. The normalized spacial score (nSPS) is 12.4. The van der Waals surface area contributed by atoms with Gasteiger partial charge in [0.15, 0.2) is 0 Å². The van der Waals surface area contributed by atoms with Gasteiger partial charge in [0, 0.05) is 6.20 Å². The second kappa shape index (κ2) is 4.59. The van der Waals surface area contributed by atoms with E-state index in [-0.39, 0.29) is 10.0 Å². The van der Waals surface area contributed by atoms with Crippen LogP contribution in [-0.4, -0.2) is 24.8 Å². The minimum atomic E-state index is -3.85. The van der Waals surface area contributed by atoms with Crippen molar-refractivity contribution in [3.8, 4) is 0 Å². The van der Waals surface area contributed by atoms with E-state index in [2.05, 4.69) is 9.71 Å². The summed E-state index contributed by atoms with van der Waals surface area (Å²) < 4.78 is 25.9. The maximum atomic E-state index is 11.9. The Balaban J connectivity index is 3.05. The van der Waals surface area contributed by atoms with Crippen LogP contribution in [0.5, 0.6) is 0 Å². The molecular formula is C9H12ClN3O3S. The number of hydrogen-bond acceptors (Lipinski definition) is 4. The molecule has 0 unspecified atom stereocenters. The second-order valence-electron chi connectivity index (χ2n) is 3.91. The zero-order valence-corrected chi connectivity index (χ0v) is 10.8. The van der Waals surface area contributed by atoms with Gasteiger partial charge in [0.05, 0.1) is 0 Å². The Morgan fingerprint density at radius 2 is 2.06 bits per heavy atom. The number of nitrogens with zero attached hydrogens (tertiary/aromatic N) is 1. The Hall–Kier alpha value is -1.18. The van der Waals surface area contributed by atoms with Gasteiger partial charge in [-0.25, -0.2) is 13.4 Å². The predicted molar refractivity (Wildman–Crippen MR) is 62.8 cm³/mol. The SMILES string of the molecule is CC(C)(NS(=O)(=O)c1ccc(Cl)nc1)C(N)=O. The number of sulfonamides is 1. The molecule has 0 bridgehead atoms. The highest BCUT2D eigenvalue weighted by atomic mass is 35.5. The van der Waals surface area contributed by atoms with Crippen molar-refractivity contribution in [2.75, 3.05) is 0 Å². The monoisotopic (exact) mass is 277 g/mol. The molecule has 0 spiro atoms. The van der Waals surface area contributed by atoms with E-state index in [9.17, 15) is 13.2 Å². The minimum absolute atomic E-state index is 0.0868. The summed E-state index contributed by atoms with van der Waals surface area (Å²) in [6.07, 6.45) is 1.10. The lowest BCUT2D eigenvalue weighted by atomic mass is 10.1. The third-order valence-corrected chi connectivity index (χ3v) is 3.88. The van der Waals surface area contributed by atoms with E-state index in [0.717, 1.165) is 6.20 Å². The van der Waals surface area contributed by atoms with E-state index in [0.29, 0.717) is 0 Å². The number of carbonyl (C=O) groups is 1. The summed E-state index contributed by atoms with van der Waals surface area (Å²) in [5, 5.41) is 0.179. The van der Waals surface area contributed by atoms with Crippen LogP contribution in [0, 0.1) is 0 Å². The maximum absolute atomic E-state index is 11.9. The maximum Gasteiger partial charge on any atom is 0.243 e. The minimum Gasteiger partial charge on any atom is -0.368 e. The highest BCUT2D eigenvalue weighted by Gasteiger charge is 2.31. The third kappa shape index (κ3) is 3.39. The van der Waals surface area contributed by atoms with Gasteiger partial charge in [0.25, 0.3) is 0 Å². The van der Waals surface area contributed by atoms with Gasteiger partial charge in [-0.1, -0.05) is 11.6 Å². The van der Waals surface area contributed by atoms with E-state index < -0.39 is 21.5 Å². The smallest absolute Gasteiger partial charge is 0.243 e. The number of carbonyl (C=O) groups excluding carboxylic acids is 1. The predicted octanol–water partition coefficient (Wildman–Crippen LogP) is 0.277. The molecule has 1 amide bonds. The van der Waals surface area contributed by atoms with Crippen molar-refractivity contribution < 1.29 is 13.2 Å². The summed E-state index contributed by atoms with van der Waals surface area (Å²) in [5.74, 6) is -0.775. The summed E-state index contributed by atoms with van der Waals surface area (Å²) in [6.45, 7) is 2.74. The number of amides is 1. The number of nitrogens with one attached hydrogen (secondary N) is 1. The molecule has 3 N–H and O–H groups in total. The zero-order chi connectivity index (χ0) is 13.3. The molecule has 6 nitrogen and oxygen atoms in total. The Kier molecular flexibility index (Phi) is 3.75. The standard InChI is InChI=1S/C9H12ClN3O3S/c1-9(2,8(11)14)13-17(15,16)6-3-4-7(10)12-5-6/h3-5,13H,1-2H3,(H2,11,14). The number of hydrogen-bond donors (Lipinski definition) is 2. The van der Waals surface area contributed by atoms with Gasteiger partial charge in [-0.05, 0) is 26.0 Å². The molecule has 17 heavy (non-hydrogen) atoms. The molecule has 0 saturated heterocycles. The van der Waals surface area contributed by atoms with Crippen LogP contribution in [0.3, 0.4) is 0 Å². The van der Waals surface area contributed by atoms with Crippen LogP contribution in [0.15, 0.2) is 23.2 Å². The number of aromatic nitrogens is 1. The quantitative estimate of drug-likeness (QED) is 0.772. The van der Waals surface area contributed by atoms with Crippen LogP contribution < -0.4 is 10.5 Å². The van der Waals surface area contributed by atoms with E-state index >= 15 is 0 Å². The number of rotatable bonds is 4. The second-order valence-corrected chi connectivity index (χ2v) is 5.98. The van der Waals surface area contributed by atoms with Gasteiger partial charge < -0.3 is 5.73 Å². The molecule has 0 aromatic carbocycles. The lowest BCUT2D eigenvalue weighted by Gasteiger charge is -2.21. The molecular weight excluding hydrogens is 266 g/mol. The summed E-state index contributed by atoms with van der Waals surface area (Å²) in [5.41, 5.74) is 3.70. The summed E-state index contributed by atoms with van der Waals surface area (Å²) >= 11 is 5.54. The van der Waals surface area contributed by atoms with Crippen molar-refractivity contribution in [2.45, 2.75) is 24.3 Å². The summed E-state index contributed by atoms with van der Waals surface area (Å²) in [7, 11) is -3.85. The number of pyridine rings is 1. The third-order valence-electron chi connectivity index (χ3n) is 2.02. The van der Waals surface area contributed by atoms with Crippen molar-refractivity contribution in [1.29, 1.82) is 0 Å². The highest BCUT2D eigenvalue weighted by Crippen LogP contribution is 2.13. The first-order valence-corrected chi connectivity index (χ1v) is 6.47. The molecule has 0 aliphatic carbocycles. The number of halogens is 1. The average molecular weight is 278 g/mol. The van der Waals surface area contributed by atoms with Crippen LogP contribution in [0.25, 0.3) is 0 Å². The first kappa shape index (κ1) is 13.9. The van der Waals surface area contributed by atoms with Crippen LogP contribution in [0.2, 0.25) is 5.15 Å². The molecule has 0 aliphatic heterocycles. The van der Waals surface area contributed by atoms with E-state index in [1.807, 2.05) is 0 Å². The van der Waals surface area contributed by atoms with Crippen LogP contribution in [0.1, 0.15) is 13.8 Å². The molecule has 0 saturated carbocycles. The Labute approximate surface area is 104 Å². The Morgan fingerprint density at radius 3 is 2.47 bits per heavy atom. The van der Waals surface area contributed by atoms with Crippen molar-refractivity contribution in [3.05, 3.63) is 23.5 Å². The van der Waals surface area contributed by atoms with Gasteiger partial charge in [0.2, 0.25) is 15.9 Å². The summed E-state index contributed by atoms with van der Waals surface area (Å²) in [4.78, 5) is 14.6. The van der Waals surface area contributed by atoms with Gasteiger partial charge in [-0.15, -0.1) is 0 Å².